The third-order valence-corrected chi connectivity index (χ3v) is 6.75. The van der Waals surface area contributed by atoms with Crippen LogP contribution >= 0.6 is 0 Å². The summed E-state index contributed by atoms with van der Waals surface area (Å²) in [7, 11) is 0. The Labute approximate surface area is 224 Å². The number of anilines is 4. The second kappa shape index (κ2) is 12.7. The zero-order chi connectivity index (χ0) is 26.2. The van der Waals surface area contributed by atoms with Crippen LogP contribution in [0.3, 0.4) is 0 Å². The highest BCUT2D eigenvalue weighted by atomic mass is 16.5. The van der Waals surface area contributed by atoms with Crippen molar-refractivity contribution in [2.24, 2.45) is 0 Å². The minimum Gasteiger partial charge on any atom is -0.378 e. The normalized spacial score (nSPS) is 16.7. The average molecular weight is 517 g/mol. The molecule has 2 aliphatic heterocycles. The molecule has 2 aromatic carbocycles. The van der Waals surface area contributed by atoms with Crippen LogP contribution in [0.15, 0.2) is 54.6 Å². The fourth-order valence-corrected chi connectivity index (χ4v) is 4.76. The van der Waals surface area contributed by atoms with Crippen LogP contribution in [0.2, 0.25) is 0 Å². The summed E-state index contributed by atoms with van der Waals surface area (Å²) in [5, 5.41) is 5.71. The largest absolute Gasteiger partial charge is 0.378 e. The van der Waals surface area contributed by atoms with Gasteiger partial charge in [-0.3, -0.25) is 0 Å². The van der Waals surface area contributed by atoms with Crippen LogP contribution in [0.1, 0.15) is 19.8 Å². The zero-order valence-corrected chi connectivity index (χ0v) is 22.0. The monoisotopic (exact) mass is 516 g/mol. The molecule has 10 nitrogen and oxygen atoms in total. The predicted octanol–water partition coefficient (Wildman–Crippen LogP) is 3.94. The first-order chi connectivity index (χ1) is 18.7. The summed E-state index contributed by atoms with van der Waals surface area (Å²) in [6.07, 6.45) is 2.25. The molecule has 3 aromatic rings. The van der Waals surface area contributed by atoms with Gasteiger partial charge in [0, 0.05) is 49.7 Å². The third kappa shape index (κ3) is 6.76. The van der Waals surface area contributed by atoms with Crippen LogP contribution in [-0.4, -0.2) is 84.9 Å². The van der Waals surface area contributed by atoms with Crippen molar-refractivity contribution in [2.45, 2.75) is 19.8 Å². The summed E-state index contributed by atoms with van der Waals surface area (Å²) in [5.74, 6) is 2.04. The number of aromatic nitrogens is 3. The minimum absolute atomic E-state index is 0.292. The van der Waals surface area contributed by atoms with Gasteiger partial charge in [0.2, 0.25) is 11.9 Å². The van der Waals surface area contributed by atoms with E-state index in [4.69, 9.17) is 19.7 Å². The first-order valence-electron chi connectivity index (χ1n) is 13.5. The lowest BCUT2D eigenvalue weighted by Crippen LogP contribution is -2.38. The van der Waals surface area contributed by atoms with Crippen LogP contribution < -0.4 is 20.4 Å². The molecule has 200 valence electrons. The van der Waals surface area contributed by atoms with Crippen LogP contribution in [0.4, 0.5) is 28.1 Å². The molecule has 5 rings (SSSR count). The second-order valence-electron chi connectivity index (χ2n) is 9.56. The molecule has 10 heteroatoms. The quantitative estimate of drug-likeness (QED) is 0.487. The van der Waals surface area contributed by atoms with E-state index in [9.17, 15) is 4.79 Å². The number of carbonyl (C=O) groups excluding carboxylic acids is 1. The Morgan fingerprint density at radius 3 is 2.13 bits per heavy atom. The molecular weight excluding hydrogens is 480 g/mol. The Hall–Kier alpha value is -3.76. The fraction of sp³-hybridized carbons (Fsp3) is 0.429. The van der Waals surface area contributed by atoms with Crippen molar-refractivity contribution in [1.29, 1.82) is 0 Å². The zero-order valence-electron chi connectivity index (χ0n) is 22.0. The van der Waals surface area contributed by atoms with Gasteiger partial charge in [-0.1, -0.05) is 25.1 Å². The van der Waals surface area contributed by atoms with E-state index in [0.29, 0.717) is 30.7 Å². The van der Waals surface area contributed by atoms with Crippen LogP contribution in [0.25, 0.3) is 11.4 Å². The number of morpholine rings is 1. The van der Waals surface area contributed by atoms with Crippen LogP contribution in [-0.2, 0) is 4.74 Å². The number of amides is 2. The predicted molar refractivity (Wildman–Crippen MR) is 151 cm³/mol. The van der Waals surface area contributed by atoms with Gasteiger partial charge in [-0.15, -0.1) is 0 Å². The molecule has 0 radical (unpaired) electrons. The number of nitrogens with one attached hydrogen (secondary N) is 2. The Bertz CT molecular complexity index is 1190. The summed E-state index contributed by atoms with van der Waals surface area (Å²) >= 11 is 0. The molecule has 0 aliphatic carbocycles. The number of benzene rings is 2. The van der Waals surface area contributed by atoms with E-state index in [1.807, 2.05) is 54.6 Å². The molecule has 2 amide bonds. The maximum Gasteiger partial charge on any atom is 0.323 e. The molecule has 2 aliphatic rings. The molecule has 0 saturated carbocycles. The number of para-hydroxylation sites is 1. The highest BCUT2D eigenvalue weighted by Crippen LogP contribution is 2.24. The standard InChI is InChI=1S/C28H36N8O2/c1-2-13-34-14-6-15-35(17-16-34)26-31-25(32-27(33-26)36-18-20-38-21-19-36)22-9-11-24(12-10-22)30-28(37)29-23-7-4-3-5-8-23/h3-5,7-12H,2,6,13-21H2,1H3,(H2,29,30,37). The van der Waals surface area contributed by atoms with Crippen molar-refractivity contribution in [3.63, 3.8) is 0 Å². The Morgan fingerprint density at radius 1 is 0.789 bits per heavy atom. The summed E-state index contributed by atoms with van der Waals surface area (Å²) in [6.45, 7) is 10.1. The van der Waals surface area contributed by atoms with E-state index in [1.165, 1.54) is 0 Å². The maximum absolute atomic E-state index is 12.4. The van der Waals surface area contributed by atoms with Crippen LogP contribution in [0, 0.1) is 0 Å². The third-order valence-electron chi connectivity index (χ3n) is 6.75. The lowest BCUT2D eigenvalue weighted by atomic mass is 10.2. The first kappa shape index (κ1) is 25.9. The number of ether oxygens (including phenoxy) is 1. The minimum atomic E-state index is -0.292. The van der Waals surface area contributed by atoms with Gasteiger partial charge in [0.15, 0.2) is 5.82 Å². The number of hydrogen-bond donors (Lipinski definition) is 2. The SMILES string of the molecule is CCCN1CCCN(c2nc(-c3ccc(NC(=O)Nc4ccccc4)cc3)nc(N3CCOCC3)n2)CC1. The average Bonchev–Trinajstić information content (AvgIpc) is 3.20. The Kier molecular flexibility index (Phi) is 8.62. The topological polar surface area (TPSA) is 98.8 Å². The summed E-state index contributed by atoms with van der Waals surface area (Å²) in [6, 6.07) is 16.7. The smallest absolute Gasteiger partial charge is 0.323 e. The van der Waals surface area contributed by atoms with Gasteiger partial charge in [-0.2, -0.15) is 15.0 Å². The van der Waals surface area contributed by atoms with E-state index in [2.05, 4.69) is 32.3 Å². The molecule has 0 bridgehead atoms. The summed E-state index contributed by atoms with van der Waals surface area (Å²) in [5.41, 5.74) is 2.30. The van der Waals surface area contributed by atoms with Crippen molar-refractivity contribution in [3.05, 3.63) is 54.6 Å². The molecule has 2 saturated heterocycles. The molecule has 0 spiro atoms. The molecule has 3 heterocycles. The molecule has 2 fully saturated rings. The van der Waals surface area contributed by atoms with Gasteiger partial charge in [0.1, 0.15) is 0 Å². The van der Waals surface area contributed by atoms with E-state index < -0.39 is 0 Å². The lowest BCUT2D eigenvalue weighted by molar-refractivity contribution is 0.122. The highest BCUT2D eigenvalue weighted by molar-refractivity contribution is 5.99. The molecule has 2 N–H and O–H groups in total. The van der Waals surface area contributed by atoms with E-state index >= 15 is 0 Å². The Morgan fingerprint density at radius 2 is 1.45 bits per heavy atom. The molecular formula is C28H36N8O2. The van der Waals surface area contributed by atoms with E-state index in [1.54, 1.807) is 0 Å². The lowest BCUT2D eigenvalue weighted by Gasteiger charge is -2.28. The van der Waals surface area contributed by atoms with Gasteiger partial charge >= 0.3 is 6.03 Å². The second-order valence-corrected chi connectivity index (χ2v) is 9.56. The molecule has 0 unspecified atom stereocenters. The van der Waals surface area contributed by atoms with Gasteiger partial charge in [0.25, 0.3) is 0 Å². The van der Waals surface area contributed by atoms with E-state index in [0.717, 1.165) is 75.9 Å². The fourth-order valence-electron chi connectivity index (χ4n) is 4.76. The summed E-state index contributed by atoms with van der Waals surface area (Å²) < 4.78 is 5.55. The number of carbonyl (C=O) groups is 1. The number of urea groups is 1. The number of hydrogen-bond acceptors (Lipinski definition) is 8. The van der Waals surface area contributed by atoms with Gasteiger partial charge < -0.3 is 30.1 Å². The highest BCUT2D eigenvalue weighted by Gasteiger charge is 2.22. The number of rotatable bonds is 7. The molecule has 0 atom stereocenters. The summed E-state index contributed by atoms with van der Waals surface area (Å²) in [4.78, 5) is 34.0. The molecule has 38 heavy (non-hydrogen) atoms. The number of nitrogens with zero attached hydrogens (tertiary/aromatic N) is 6. The Balaban J connectivity index is 1.35. The van der Waals surface area contributed by atoms with Gasteiger partial charge in [0.05, 0.1) is 13.2 Å². The first-order valence-corrected chi connectivity index (χ1v) is 13.5. The van der Waals surface area contributed by atoms with Crippen molar-refractivity contribution in [2.75, 3.05) is 79.5 Å². The van der Waals surface area contributed by atoms with Gasteiger partial charge in [-0.25, -0.2) is 4.79 Å². The van der Waals surface area contributed by atoms with Crippen LogP contribution in [0.5, 0.6) is 0 Å². The van der Waals surface area contributed by atoms with E-state index in [-0.39, 0.29) is 6.03 Å². The van der Waals surface area contributed by atoms with Crippen molar-refractivity contribution >= 4 is 29.3 Å². The maximum atomic E-state index is 12.4. The van der Waals surface area contributed by atoms with Gasteiger partial charge in [-0.05, 0) is 62.3 Å². The van der Waals surface area contributed by atoms with Crippen molar-refractivity contribution in [3.8, 4) is 11.4 Å². The van der Waals surface area contributed by atoms with Crippen molar-refractivity contribution < 1.29 is 9.53 Å². The van der Waals surface area contributed by atoms with Crippen molar-refractivity contribution in [1.82, 2.24) is 19.9 Å². The molecule has 1 aromatic heterocycles.